The molecule has 0 spiro atoms. The lowest BCUT2D eigenvalue weighted by atomic mass is 9.97. The average Bonchev–Trinajstić information content (AvgIpc) is 2.45. The van der Waals surface area contributed by atoms with Crippen LogP contribution in [0.2, 0.25) is 0 Å². The predicted molar refractivity (Wildman–Crippen MR) is 72.5 cm³/mol. The highest BCUT2D eigenvalue weighted by Gasteiger charge is 2.27. The van der Waals surface area contributed by atoms with E-state index in [1.165, 1.54) is 0 Å². The molecule has 1 saturated heterocycles. The molecule has 0 aromatic heterocycles. The van der Waals surface area contributed by atoms with E-state index in [0.29, 0.717) is 26.2 Å². The van der Waals surface area contributed by atoms with E-state index in [2.05, 4.69) is 5.32 Å². The van der Waals surface area contributed by atoms with Crippen LogP contribution in [0.4, 0.5) is 0 Å². The van der Waals surface area contributed by atoms with Crippen LogP contribution in [-0.4, -0.2) is 56.1 Å². The molecule has 0 aromatic carbocycles. The molecule has 1 rings (SSSR count). The van der Waals surface area contributed by atoms with E-state index in [0.717, 1.165) is 25.8 Å². The Balaban J connectivity index is 2.36. The van der Waals surface area contributed by atoms with Crippen molar-refractivity contribution in [1.29, 1.82) is 0 Å². The highest BCUT2D eigenvalue weighted by Crippen LogP contribution is 2.16. The molecular weight excluding hydrogens is 246 g/mol. The van der Waals surface area contributed by atoms with Crippen LogP contribution >= 0.6 is 0 Å². The second-order valence-electron chi connectivity index (χ2n) is 4.81. The van der Waals surface area contributed by atoms with Crippen LogP contribution in [0.25, 0.3) is 0 Å². The molecule has 0 aliphatic carbocycles. The minimum atomic E-state index is -0.115. The number of nitrogens with zero attached hydrogens (tertiary/aromatic N) is 1. The molecular formula is C13H25N3O3. The van der Waals surface area contributed by atoms with Crippen molar-refractivity contribution in [3.8, 4) is 0 Å². The van der Waals surface area contributed by atoms with E-state index in [4.69, 9.17) is 10.5 Å². The summed E-state index contributed by atoms with van der Waals surface area (Å²) in [6.07, 6.45) is 2.59. The van der Waals surface area contributed by atoms with E-state index in [9.17, 15) is 9.59 Å². The molecule has 1 aliphatic heterocycles. The van der Waals surface area contributed by atoms with Gasteiger partial charge in [0.05, 0.1) is 5.92 Å². The minimum Gasteiger partial charge on any atom is -0.372 e. The van der Waals surface area contributed by atoms with Gasteiger partial charge in [-0.2, -0.15) is 0 Å². The van der Waals surface area contributed by atoms with Crippen molar-refractivity contribution in [3.63, 3.8) is 0 Å². The van der Waals surface area contributed by atoms with Gasteiger partial charge in [0.25, 0.3) is 0 Å². The van der Waals surface area contributed by atoms with E-state index in [1.54, 1.807) is 4.90 Å². The van der Waals surface area contributed by atoms with Gasteiger partial charge in [-0.1, -0.05) is 6.92 Å². The number of carbonyl (C=O) groups excluding carboxylic acids is 2. The first-order chi connectivity index (χ1) is 9.19. The van der Waals surface area contributed by atoms with Crippen LogP contribution in [0, 0.1) is 5.92 Å². The summed E-state index contributed by atoms with van der Waals surface area (Å²) in [5, 5.41) is 2.78. The van der Waals surface area contributed by atoms with E-state index in [-0.39, 0.29) is 24.3 Å². The lowest BCUT2D eigenvalue weighted by molar-refractivity contribution is -0.139. The van der Waals surface area contributed by atoms with Gasteiger partial charge < -0.3 is 20.7 Å². The van der Waals surface area contributed by atoms with Crippen LogP contribution in [-0.2, 0) is 14.3 Å². The molecule has 6 nitrogen and oxygen atoms in total. The topological polar surface area (TPSA) is 84.7 Å². The monoisotopic (exact) mass is 271 g/mol. The maximum Gasteiger partial charge on any atom is 0.248 e. The average molecular weight is 271 g/mol. The molecule has 6 heteroatoms. The summed E-state index contributed by atoms with van der Waals surface area (Å²) in [6.45, 7) is 4.85. The van der Waals surface area contributed by atoms with Gasteiger partial charge in [-0.05, 0) is 19.3 Å². The Morgan fingerprint density at radius 2 is 2.26 bits per heavy atom. The summed E-state index contributed by atoms with van der Waals surface area (Å²) in [5.74, 6) is -0.141. The second kappa shape index (κ2) is 8.87. The third-order valence-corrected chi connectivity index (χ3v) is 3.16. The van der Waals surface area contributed by atoms with Gasteiger partial charge in [0.15, 0.2) is 0 Å². The molecule has 110 valence electrons. The Morgan fingerprint density at radius 3 is 2.95 bits per heavy atom. The molecule has 0 radical (unpaired) electrons. The number of carbonyl (C=O) groups is 2. The fourth-order valence-electron chi connectivity index (χ4n) is 2.15. The SMILES string of the molecule is CCCOCC(=O)N1CCCC(C(=O)NCCN)C1. The molecule has 3 N–H and O–H groups in total. The Bertz CT molecular complexity index is 297. The zero-order valence-electron chi connectivity index (χ0n) is 11.7. The Kier molecular flexibility index (Phi) is 7.43. The molecule has 1 heterocycles. The van der Waals surface area contributed by atoms with Gasteiger partial charge in [0, 0.05) is 32.8 Å². The van der Waals surface area contributed by atoms with Crippen LogP contribution in [0.15, 0.2) is 0 Å². The van der Waals surface area contributed by atoms with Crippen molar-refractivity contribution >= 4 is 11.8 Å². The molecule has 1 aliphatic rings. The summed E-state index contributed by atoms with van der Waals surface area (Å²) in [5.41, 5.74) is 5.35. The smallest absolute Gasteiger partial charge is 0.248 e. The lowest BCUT2D eigenvalue weighted by Gasteiger charge is -2.32. The molecule has 19 heavy (non-hydrogen) atoms. The maximum absolute atomic E-state index is 11.9. The van der Waals surface area contributed by atoms with Crippen LogP contribution in [0.3, 0.4) is 0 Å². The number of ether oxygens (including phenoxy) is 1. The first-order valence-corrected chi connectivity index (χ1v) is 7.02. The van der Waals surface area contributed by atoms with Gasteiger partial charge in [-0.3, -0.25) is 9.59 Å². The van der Waals surface area contributed by atoms with Gasteiger partial charge >= 0.3 is 0 Å². The van der Waals surface area contributed by atoms with Gasteiger partial charge in [-0.25, -0.2) is 0 Å². The molecule has 0 saturated carbocycles. The van der Waals surface area contributed by atoms with E-state index < -0.39 is 0 Å². The largest absolute Gasteiger partial charge is 0.372 e. The summed E-state index contributed by atoms with van der Waals surface area (Å²) >= 11 is 0. The van der Waals surface area contributed by atoms with Crippen molar-refractivity contribution in [2.24, 2.45) is 11.7 Å². The number of hydrogen-bond donors (Lipinski definition) is 2. The summed E-state index contributed by atoms with van der Waals surface area (Å²) in [6, 6.07) is 0. The van der Waals surface area contributed by atoms with Gasteiger partial charge in [-0.15, -0.1) is 0 Å². The van der Waals surface area contributed by atoms with Crippen molar-refractivity contribution in [2.75, 3.05) is 39.4 Å². The van der Waals surface area contributed by atoms with Crippen molar-refractivity contribution < 1.29 is 14.3 Å². The van der Waals surface area contributed by atoms with Crippen molar-refractivity contribution in [1.82, 2.24) is 10.2 Å². The Labute approximate surface area is 114 Å². The molecule has 1 atom stereocenters. The highest BCUT2D eigenvalue weighted by atomic mass is 16.5. The molecule has 0 bridgehead atoms. The third kappa shape index (κ3) is 5.57. The van der Waals surface area contributed by atoms with Crippen LogP contribution < -0.4 is 11.1 Å². The number of nitrogens with two attached hydrogens (primary N) is 1. The summed E-state index contributed by atoms with van der Waals surface area (Å²) in [4.78, 5) is 25.5. The molecule has 1 unspecified atom stereocenters. The van der Waals surface area contributed by atoms with Crippen molar-refractivity contribution in [2.45, 2.75) is 26.2 Å². The number of nitrogens with one attached hydrogen (secondary N) is 1. The van der Waals surface area contributed by atoms with Crippen LogP contribution in [0.1, 0.15) is 26.2 Å². The maximum atomic E-state index is 11.9. The van der Waals surface area contributed by atoms with Crippen molar-refractivity contribution in [3.05, 3.63) is 0 Å². The number of rotatable bonds is 7. The number of likely N-dealkylation sites (tertiary alicyclic amines) is 1. The Morgan fingerprint density at radius 1 is 1.47 bits per heavy atom. The zero-order chi connectivity index (χ0) is 14.1. The zero-order valence-corrected chi connectivity index (χ0v) is 11.7. The second-order valence-corrected chi connectivity index (χ2v) is 4.81. The third-order valence-electron chi connectivity index (χ3n) is 3.16. The highest BCUT2D eigenvalue weighted by molar-refractivity contribution is 5.81. The van der Waals surface area contributed by atoms with E-state index in [1.807, 2.05) is 6.92 Å². The normalized spacial score (nSPS) is 19.3. The summed E-state index contributed by atoms with van der Waals surface area (Å²) < 4.78 is 5.25. The van der Waals surface area contributed by atoms with E-state index >= 15 is 0 Å². The first kappa shape index (κ1) is 15.9. The fourth-order valence-corrected chi connectivity index (χ4v) is 2.15. The molecule has 1 fully saturated rings. The van der Waals surface area contributed by atoms with Gasteiger partial charge in [0.1, 0.15) is 6.61 Å². The molecule has 2 amide bonds. The standard InChI is InChI=1S/C13H25N3O3/c1-2-8-19-10-12(17)16-7-3-4-11(9-16)13(18)15-6-5-14/h11H,2-10,14H2,1H3,(H,15,18). The van der Waals surface area contributed by atoms with Gasteiger partial charge in [0.2, 0.25) is 11.8 Å². The first-order valence-electron chi connectivity index (χ1n) is 7.02. The van der Waals surface area contributed by atoms with Crippen LogP contribution in [0.5, 0.6) is 0 Å². The lowest BCUT2D eigenvalue weighted by Crippen LogP contribution is -2.47. The number of hydrogen-bond acceptors (Lipinski definition) is 4. The fraction of sp³-hybridized carbons (Fsp3) is 0.846. The number of piperidine rings is 1. The minimum absolute atomic E-state index is 0.00238. The quantitative estimate of drug-likeness (QED) is 0.624. The predicted octanol–water partition coefficient (Wildman–Crippen LogP) is -0.273. The Hall–Kier alpha value is -1.14. The summed E-state index contributed by atoms with van der Waals surface area (Å²) in [7, 11) is 0. The molecule has 0 aromatic rings. The number of amides is 2.